The molecule has 0 aromatic heterocycles. The molecule has 24 heavy (non-hydrogen) atoms. The van der Waals surface area contributed by atoms with Gasteiger partial charge >= 0.3 is 0 Å². The van der Waals surface area contributed by atoms with Crippen molar-refractivity contribution in [2.24, 2.45) is 4.99 Å². The molecule has 0 fully saturated rings. The Bertz CT molecular complexity index is 710. The summed E-state index contributed by atoms with van der Waals surface area (Å²) in [6.07, 6.45) is 9.33. The van der Waals surface area contributed by atoms with Crippen LogP contribution in [0.1, 0.15) is 70.8 Å². The van der Waals surface area contributed by atoms with Crippen LogP contribution in [-0.2, 0) is 0 Å². The van der Waals surface area contributed by atoms with Crippen molar-refractivity contribution in [1.29, 1.82) is 0 Å². The molecule has 2 rings (SSSR count). The summed E-state index contributed by atoms with van der Waals surface area (Å²) in [6, 6.07) is 18.1. The van der Waals surface area contributed by atoms with E-state index in [0.29, 0.717) is 0 Å². The fourth-order valence-corrected chi connectivity index (χ4v) is 2.88. The Morgan fingerprint density at radius 1 is 0.875 bits per heavy atom. The second-order valence-electron chi connectivity index (χ2n) is 6.29. The summed E-state index contributed by atoms with van der Waals surface area (Å²) < 4.78 is 0. The molecule has 0 amide bonds. The molecular weight excluding hydrogens is 290 g/mol. The van der Waals surface area contributed by atoms with E-state index < -0.39 is 0 Å². The van der Waals surface area contributed by atoms with Crippen molar-refractivity contribution in [2.45, 2.75) is 65.2 Å². The maximum Gasteiger partial charge on any atom is 0.0589 e. The number of aliphatic imine (C=N–C) groups is 1. The molecule has 0 N–H and O–H groups in total. The molecule has 0 aliphatic rings. The number of benzene rings is 2. The van der Waals surface area contributed by atoms with Gasteiger partial charge in [-0.1, -0.05) is 87.9 Å². The molecule has 0 unspecified atom stereocenters. The zero-order valence-electron chi connectivity index (χ0n) is 15.1. The predicted octanol–water partition coefficient (Wildman–Crippen LogP) is 6.75. The molecule has 0 aliphatic carbocycles. The van der Waals surface area contributed by atoms with Gasteiger partial charge in [-0.25, -0.2) is 4.99 Å². The van der Waals surface area contributed by atoms with Gasteiger partial charge < -0.3 is 0 Å². The summed E-state index contributed by atoms with van der Waals surface area (Å²) in [4.78, 5) is 4.65. The smallest absolute Gasteiger partial charge is 0.0589 e. The van der Waals surface area contributed by atoms with Crippen LogP contribution in [-0.4, -0.2) is 5.71 Å². The number of hydrogen-bond acceptors (Lipinski definition) is 1. The van der Waals surface area contributed by atoms with Crippen LogP contribution in [0.25, 0.3) is 10.8 Å². The molecule has 0 aliphatic heterocycles. The molecule has 0 heterocycles. The molecule has 1 nitrogen and oxygen atoms in total. The highest BCUT2D eigenvalue weighted by atomic mass is 14.7. The standard InChI is InChI=1S/C23H29N/c1-3-5-7-8-9-12-19-24-23(18-6-4-2)22-17-13-15-20-14-10-11-16-21(20)22/h10-11,13-17H,3-9,18H2,1-2H3. The maximum atomic E-state index is 4.65. The number of nitrogens with zero attached hydrogens (tertiary/aromatic N) is 1. The van der Waals surface area contributed by atoms with Gasteiger partial charge in [0, 0.05) is 18.0 Å². The molecule has 2 aromatic rings. The summed E-state index contributed by atoms with van der Waals surface area (Å²) in [7, 11) is 0. The van der Waals surface area contributed by atoms with E-state index in [-0.39, 0.29) is 0 Å². The second-order valence-corrected chi connectivity index (χ2v) is 6.29. The normalized spacial score (nSPS) is 11.3. The topological polar surface area (TPSA) is 12.4 Å². The fraction of sp³-hybridized carbons (Fsp3) is 0.435. The highest BCUT2D eigenvalue weighted by Gasteiger charge is 2.07. The third kappa shape index (κ3) is 5.53. The van der Waals surface area contributed by atoms with Crippen LogP contribution >= 0.6 is 0 Å². The number of fused-ring (bicyclic) bond motifs is 1. The lowest BCUT2D eigenvalue weighted by atomic mass is 9.98. The van der Waals surface area contributed by atoms with E-state index in [4.69, 9.17) is 0 Å². The lowest BCUT2D eigenvalue weighted by Crippen LogP contribution is -2.01. The first-order chi connectivity index (χ1) is 11.9. The highest BCUT2D eigenvalue weighted by Crippen LogP contribution is 2.21. The van der Waals surface area contributed by atoms with E-state index in [1.807, 2.05) is 0 Å². The van der Waals surface area contributed by atoms with Crippen LogP contribution in [0.4, 0.5) is 0 Å². The molecule has 0 bridgehead atoms. The van der Waals surface area contributed by atoms with Gasteiger partial charge in [-0.2, -0.15) is 0 Å². The van der Waals surface area contributed by atoms with E-state index in [0.717, 1.165) is 25.0 Å². The van der Waals surface area contributed by atoms with Crippen molar-refractivity contribution >= 4 is 16.5 Å². The average Bonchev–Trinajstić information content (AvgIpc) is 2.63. The molecule has 2 aromatic carbocycles. The van der Waals surface area contributed by atoms with Gasteiger partial charge in [-0.15, -0.1) is 0 Å². The number of hydrogen-bond donors (Lipinski definition) is 0. The van der Waals surface area contributed by atoms with Crippen LogP contribution in [0.2, 0.25) is 0 Å². The summed E-state index contributed by atoms with van der Waals surface area (Å²) in [6.45, 7) is 4.46. The van der Waals surface area contributed by atoms with Gasteiger partial charge in [-0.05, 0) is 30.0 Å². The molecular formula is C23H29N. The quantitative estimate of drug-likeness (QED) is 0.290. The van der Waals surface area contributed by atoms with Crippen molar-refractivity contribution < 1.29 is 0 Å². The van der Waals surface area contributed by atoms with Gasteiger partial charge in [-0.3, -0.25) is 0 Å². The first-order valence-electron chi connectivity index (χ1n) is 9.39. The first-order valence-corrected chi connectivity index (χ1v) is 9.39. The minimum atomic E-state index is 0.958. The average molecular weight is 319 g/mol. The monoisotopic (exact) mass is 319 g/mol. The van der Waals surface area contributed by atoms with E-state index in [1.165, 1.54) is 48.4 Å². The fourth-order valence-electron chi connectivity index (χ4n) is 2.88. The van der Waals surface area contributed by atoms with Crippen LogP contribution < -0.4 is 0 Å². The Balaban J connectivity index is 2.18. The van der Waals surface area contributed by atoms with Crippen LogP contribution in [0.3, 0.4) is 0 Å². The van der Waals surface area contributed by atoms with Gasteiger partial charge in [0.1, 0.15) is 0 Å². The minimum Gasteiger partial charge on any atom is -0.202 e. The van der Waals surface area contributed by atoms with Gasteiger partial charge in [0.25, 0.3) is 0 Å². The van der Waals surface area contributed by atoms with E-state index in [2.05, 4.69) is 73.3 Å². The first kappa shape index (κ1) is 18.3. The third-order valence-electron chi connectivity index (χ3n) is 4.29. The maximum absolute atomic E-state index is 4.65. The minimum absolute atomic E-state index is 0.958. The lowest BCUT2D eigenvalue weighted by molar-refractivity contribution is 0.679. The van der Waals surface area contributed by atoms with Gasteiger partial charge in [0.15, 0.2) is 0 Å². The van der Waals surface area contributed by atoms with E-state index >= 15 is 0 Å². The predicted molar refractivity (Wildman–Crippen MR) is 107 cm³/mol. The van der Waals surface area contributed by atoms with Gasteiger partial charge in [0.2, 0.25) is 0 Å². The van der Waals surface area contributed by atoms with Crippen LogP contribution in [0.5, 0.6) is 0 Å². The summed E-state index contributed by atoms with van der Waals surface area (Å²) in [5.41, 5.74) is 2.37. The number of unbranched alkanes of at least 4 members (excludes halogenated alkanes) is 5. The lowest BCUT2D eigenvalue weighted by Gasteiger charge is -2.08. The molecule has 126 valence electrons. The van der Waals surface area contributed by atoms with E-state index in [9.17, 15) is 0 Å². The van der Waals surface area contributed by atoms with Crippen molar-refractivity contribution in [3.63, 3.8) is 0 Å². The van der Waals surface area contributed by atoms with Crippen LogP contribution in [0.15, 0.2) is 47.5 Å². The molecule has 0 radical (unpaired) electrons. The summed E-state index contributed by atoms with van der Waals surface area (Å²) in [5, 5.41) is 2.55. The number of rotatable bonds is 8. The Morgan fingerprint density at radius 2 is 1.67 bits per heavy atom. The van der Waals surface area contributed by atoms with Crippen molar-refractivity contribution in [1.82, 2.24) is 0 Å². The largest absolute Gasteiger partial charge is 0.202 e. The van der Waals surface area contributed by atoms with Crippen molar-refractivity contribution in [3.05, 3.63) is 48.0 Å². The third-order valence-corrected chi connectivity index (χ3v) is 4.29. The molecule has 1 heteroatoms. The SMILES string of the molecule is CCCCCCC#CN=C(CCCC)c1cccc2ccccc12. The summed E-state index contributed by atoms with van der Waals surface area (Å²) >= 11 is 0. The Morgan fingerprint density at radius 3 is 2.50 bits per heavy atom. The highest BCUT2D eigenvalue weighted by molar-refractivity contribution is 6.11. The van der Waals surface area contributed by atoms with E-state index in [1.54, 1.807) is 0 Å². The molecule has 0 saturated carbocycles. The zero-order valence-corrected chi connectivity index (χ0v) is 15.1. The Kier molecular flexibility index (Phi) is 8.11. The van der Waals surface area contributed by atoms with Crippen molar-refractivity contribution in [3.8, 4) is 12.0 Å². The molecule has 0 saturated heterocycles. The Labute approximate surface area is 147 Å². The van der Waals surface area contributed by atoms with Crippen LogP contribution in [0, 0.1) is 12.0 Å². The van der Waals surface area contributed by atoms with Crippen molar-refractivity contribution in [2.75, 3.05) is 0 Å². The second kappa shape index (κ2) is 10.7. The van der Waals surface area contributed by atoms with Gasteiger partial charge in [0.05, 0.1) is 5.71 Å². The molecule has 0 spiro atoms. The summed E-state index contributed by atoms with van der Waals surface area (Å²) in [5.74, 6) is 3.23. The molecule has 0 atom stereocenters. The Hall–Kier alpha value is -2.07. The zero-order chi connectivity index (χ0) is 17.0.